The molecule has 0 fully saturated rings. The van der Waals surface area contributed by atoms with E-state index < -0.39 is 5.60 Å². The molecule has 0 aliphatic rings. The van der Waals surface area contributed by atoms with Gasteiger partial charge in [0.25, 0.3) is 5.91 Å². The number of hydrogen-bond acceptors (Lipinski definition) is 3. The highest BCUT2D eigenvalue weighted by molar-refractivity contribution is 9.10. The van der Waals surface area contributed by atoms with Crippen molar-refractivity contribution in [2.24, 2.45) is 0 Å². The molecule has 2 N–H and O–H groups in total. The number of aryl methyl sites for hydroxylation is 1. The van der Waals surface area contributed by atoms with Crippen molar-refractivity contribution in [1.29, 1.82) is 0 Å². The van der Waals surface area contributed by atoms with Crippen LogP contribution in [0.25, 0.3) is 0 Å². The van der Waals surface area contributed by atoms with Gasteiger partial charge in [-0.15, -0.1) is 0 Å². The van der Waals surface area contributed by atoms with Gasteiger partial charge in [-0.3, -0.25) is 4.79 Å². The smallest absolute Gasteiger partial charge is 0.251 e. The fraction of sp³-hybridized carbons (Fsp3) is 0.500. The van der Waals surface area contributed by atoms with Crippen LogP contribution >= 0.6 is 15.9 Å². The number of nitrogens with one attached hydrogen (secondary N) is 1. The average molecular weight is 330 g/mol. The quantitative estimate of drug-likeness (QED) is 0.841. The second kappa shape index (κ2) is 7.03. The van der Waals surface area contributed by atoms with Crippen LogP contribution in [0.15, 0.2) is 22.7 Å². The molecular formula is C14H20BrNO3. The van der Waals surface area contributed by atoms with Gasteiger partial charge in [0.1, 0.15) is 0 Å². The summed E-state index contributed by atoms with van der Waals surface area (Å²) in [4.78, 5) is 12.0. The van der Waals surface area contributed by atoms with E-state index in [0.29, 0.717) is 18.6 Å². The first kappa shape index (κ1) is 16.1. The maximum Gasteiger partial charge on any atom is 0.251 e. The molecule has 0 saturated heterocycles. The Morgan fingerprint density at radius 1 is 1.53 bits per heavy atom. The second-order valence-corrected chi connectivity index (χ2v) is 5.74. The van der Waals surface area contributed by atoms with Crippen LogP contribution in [0.2, 0.25) is 0 Å². The zero-order valence-electron chi connectivity index (χ0n) is 11.5. The van der Waals surface area contributed by atoms with E-state index in [1.54, 1.807) is 20.1 Å². The average Bonchev–Trinajstić information content (AvgIpc) is 2.37. The maximum absolute atomic E-state index is 12.0. The molecule has 0 saturated carbocycles. The number of aliphatic hydroxyl groups is 1. The van der Waals surface area contributed by atoms with Gasteiger partial charge >= 0.3 is 0 Å². The molecule has 0 unspecified atom stereocenters. The Morgan fingerprint density at radius 3 is 2.79 bits per heavy atom. The molecular weight excluding hydrogens is 310 g/mol. The van der Waals surface area contributed by atoms with Gasteiger partial charge in [-0.05, 0) is 37.6 Å². The van der Waals surface area contributed by atoms with Gasteiger partial charge in [0.05, 0.1) is 5.60 Å². The first-order valence-electron chi connectivity index (χ1n) is 6.11. The van der Waals surface area contributed by atoms with Gasteiger partial charge in [-0.1, -0.05) is 15.9 Å². The summed E-state index contributed by atoms with van der Waals surface area (Å²) in [5, 5.41) is 12.8. The first-order chi connectivity index (χ1) is 8.85. The number of carbonyl (C=O) groups is 1. The minimum atomic E-state index is -0.962. The molecule has 106 valence electrons. The SMILES string of the molecule is COCC[C@](C)(O)CNC(=O)c1ccc(Br)c(C)c1. The number of amides is 1. The van der Waals surface area contributed by atoms with Crippen LogP contribution in [0.4, 0.5) is 0 Å². The molecule has 1 aromatic carbocycles. The summed E-state index contributed by atoms with van der Waals surface area (Å²) in [6, 6.07) is 5.40. The molecule has 0 spiro atoms. The monoisotopic (exact) mass is 329 g/mol. The molecule has 1 aromatic rings. The molecule has 1 atom stereocenters. The van der Waals surface area contributed by atoms with Gasteiger partial charge in [-0.25, -0.2) is 0 Å². The van der Waals surface area contributed by atoms with Crippen molar-refractivity contribution >= 4 is 21.8 Å². The summed E-state index contributed by atoms with van der Waals surface area (Å²) in [7, 11) is 1.58. The minimum absolute atomic E-state index is 0.187. The van der Waals surface area contributed by atoms with Crippen molar-refractivity contribution in [3.05, 3.63) is 33.8 Å². The lowest BCUT2D eigenvalue weighted by Gasteiger charge is -2.23. The Labute approximate surface area is 122 Å². The first-order valence-corrected chi connectivity index (χ1v) is 6.91. The largest absolute Gasteiger partial charge is 0.388 e. The Balaban J connectivity index is 2.57. The van der Waals surface area contributed by atoms with E-state index in [-0.39, 0.29) is 12.5 Å². The van der Waals surface area contributed by atoms with Crippen molar-refractivity contribution in [3.8, 4) is 0 Å². The molecule has 0 bridgehead atoms. The van der Waals surface area contributed by atoms with Crippen LogP contribution < -0.4 is 5.32 Å². The molecule has 0 heterocycles. The highest BCUT2D eigenvalue weighted by atomic mass is 79.9. The van der Waals surface area contributed by atoms with Crippen LogP contribution in [0.1, 0.15) is 29.3 Å². The standard InChI is InChI=1S/C14H20BrNO3/c1-10-8-11(4-5-12(10)15)13(17)16-9-14(2,18)6-7-19-3/h4-5,8,18H,6-7,9H2,1-3H3,(H,16,17)/t14-/m0/s1. The van der Waals surface area contributed by atoms with Gasteiger partial charge in [0.2, 0.25) is 0 Å². The topological polar surface area (TPSA) is 58.6 Å². The van der Waals surface area contributed by atoms with Crippen LogP contribution in [-0.4, -0.2) is 36.9 Å². The lowest BCUT2D eigenvalue weighted by atomic mass is 10.0. The van der Waals surface area contributed by atoms with E-state index in [9.17, 15) is 9.90 Å². The number of methoxy groups -OCH3 is 1. The lowest BCUT2D eigenvalue weighted by molar-refractivity contribution is 0.0243. The predicted molar refractivity (Wildman–Crippen MR) is 78.3 cm³/mol. The minimum Gasteiger partial charge on any atom is -0.388 e. The van der Waals surface area contributed by atoms with E-state index in [1.807, 2.05) is 19.1 Å². The van der Waals surface area contributed by atoms with Crippen LogP contribution in [0.5, 0.6) is 0 Å². The summed E-state index contributed by atoms with van der Waals surface area (Å²) in [6.07, 6.45) is 0.475. The van der Waals surface area contributed by atoms with Crippen LogP contribution in [-0.2, 0) is 4.74 Å². The number of halogens is 1. The van der Waals surface area contributed by atoms with E-state index in [4.69, 9.17) is 4.74 Å². The summed E-state index contributed by atoms with van der Waals surface area (Å²) >= 11 is 3.39. The van der Waals surface area contributed by atoms with Gasteiger partial charge in [-0.2, -0.15) is 0 Å². The summed E-state index contributed by atoms with van der Waals surface area (Å²) in [6.45, 7) is 4.26. The second-order valence-electron chi connectivity index (χ2n) is 4.89. The normalized spacial score (nSPS) is 13.9. The molecule has 0 aromatic heterocycles. The molecule has 0 aliphatic heterocycles. The van der Waals surface area contributed by atoms with Gasteiger partial charge < -0.3 is 15.2 Å². The van der Waals surface area contributed by atoms with Crippen molar-refractivity contribution < 1.29 is 14.6 Å². The van der Waals surface area contributed by atoms with Crippen LogP contribution in [0.3, 0.4) is 0 Å². The molecule has 1 amide bonds. The number of carbonyl (C=O) groups excluding carboxylic acids is 1. The third kappa shape index (κ3) is 5.30. The summed E-state index contributed by atoms with van der Waals surface area (Å²) in [5.74, 6) is -0.187. The Kier molecular flexibility index (Phi) is 5.97. The van der Waals surface area contributed by atoms with Gasteiger partial charge in [0, 0.05) is 36.7 Å². The molecule has 4 nitrogen and oxygen atoms in total. The number of hydrogen-bond donors (Lipinski definition) is 2. The highest BCUT2D eigenvalue weighted by Gasteiger charge is 2.21. The summed E-state index contributed by atoms with van der Waals surface area (Å²) in [5.41, 5.74) is 0.623. The predicted octanol–water partition coefficient (Wildman–Crippen LogP) is 2.27. The van der Waals surface area contributed by atoms with Crippen molar-refractivity contribution in [3.63, 3.8) is 0 Å². The van der Waals surface area contributed by atoms with E-state index in [0.717, 1.165) is 10.0 Å². The zero-order chi connectivity index (χ0) is 14.5. The maximum atomic E-state index is 12.0. The Morgan fingerprint density at radius 2 is 2.21 bits per heavy atom. The fourth-order valence-electron chi connectivity index (χ4n) is 1.57. The van der Waals surface area contributed by atoms with Crippen LogP contribution in [0, 0.1) is 6.92 Å². The van der Waals surface area contributed by atoms with E-state index >= 15 is 0 Å². The Bertz CT molecular complexity index is 446. The van der Waals surface area contributed by atoms with E-state index in [2.05, 4.69) is 21.2 Å². The summed E-state index contributed by atoms with van der Waals surface area (Å²) < 4.78 is 5.89. The van der Waals surface area contributed by atoms with Gasteiger partial charge in [0.15, 0.2) is 0 Å². The highest BCUT2D eigenvalue weighted by Crippen LogP contribution is 2.17. The lowest BCUT2D eigenvalue weighted by Crippen LogP contribution is -2.41. The third-order valence-electron chi connectivity index (χ3n) is 2.89. The van der Waals surface area contributed by atoms with Crippen molar-refractivity contribution in [2.45, 2.75) is 25.9 Å². The molecule has 0 radical (unpaired) electrons. The van der Waals surface area contributed by atoms with Crippen molar-refractivity contribution in [2.75, 3.05) is 20.3 Å². The molecule has 1 rings (SSSR count). The Hall–Kier alpha value is -0.910. The molecule has 0 aliphatic carbocycles. The number of benzene rings is 1. The number of rotatable bonds is 6. The third-order valence-corrected chi connectivity index (χ3v) is 3.78. The molecule has 19 heavy (non-hydrogen) atoms. The van der Waals surface area contributed by atoms with E-state index in [1.165, 1.54) is 0 Å². The van der Waals surface area contributed by atoms with Crippen molar-refractivity contribution in [1.82, 2.24) is 5.32 Å². The fourth-order valence-corrected chi connectivity index (χ4v) is 1.82. The molecule has 5 heteroatoms. The zero-order valence-corrected chi connectivity index (χ0v) is 13.1. The number of ether oxygens (including phenoxy) is 1.